The lowest BCUT2D eigenvalue weighted by Crippen LogP contribution is -2.28. The molecule has 0 aliphatic heterocycles. The molecular formula is C20H21NO5. The van der Waals surface area contributed by atoms with Crippen LogP contribution in [0, 0.1) is 0 Å². The number of hydrogen-bond acceptors (Lipinski definition) is 5. The summed E-state index contributed by atoms with van der Waals surface area (Å²) in [4.78, 5) is 35.1. The van der Waals surface area contributed by atoms with E-state index in [1.165, 1.54) is 7.11 Å². The van der Waals surface area contributed by atoms with Gasteiger partial charge in [0.2, 0.25) is 0 Å². The molecule has 26 heavy (non-hydrogen) atoms. The van der Waals surface area contributed by atoms with Crippen molar-refractivity contribution in [3.8, 4) is 0 Å². The van der Waals surface area contributed by atoms with Gasteiger partial charge in [0.15, 0.2) is 6.61 Å². The van der Waals surface area contributed by atoms with Gasteiger partial charge in [-0.3, -0.25) is 4.79 Å². The maximum atomic E-state index is 11.9. The predicted octanol–water partition coefficient (Wildman–Crippen LogP) is 2.51. The number of rotatable bonds is 7. The molecule has 2 aromatic carbocycles. The first-order valence-electron chi connectivity index (χ1n) is 8.23. The molecule has 0 fully saturated rings. The largest absolute Gasteiger partial charge is 0.465 e. The molecule has 0 aromatic heterocycles. The van der Waals surface area contributed by atoms with Gasteiger partial charge in [0.05, 0.1) is 18.2 Å². The molecule has 0 aliphatic carbocycles. The first-order chi connectivity index (χ1) is 12.5. The topological polar surface area (TPSA) is 81.7 Å². The highest BCUT2D eigenvalue weighted by Gasteiger charge is 2.10. The van der Waals surface area contributed by atoms with Crippen LogP contribution in [0.1, 0.15) is 38.8 Å². The van der Waals surface area contributed by atoms with Crippen LogP contribution in [-0.2, 0) is 27.2 Å². The Morgan fingerprint density at radius 1 is 0.846 bits per heavy atom. The summed E-state index contributed by atoms with van der Waals surface area (Å²) in [5.41, 5.74) is 2.78. The highest BCUT2D eigenvalue weighted by molar-refractivity contribution is 5.91. The molecule has 6 nitrogen and oxygen atoms in total. The first-order valence-corrected chi connectivity index (χ1v) is 8.23. The van der Waals surface area contributed by atoms with Crippen molar-refractivity contribution in [1.82, 2.24) is 5.32 Å². The minimum Gasteiger partial charge on any atom is -0.465 e. The Labute approximate surface area is 152 Å². The molecule has 1 amide bonds. The minimum absolute atomic E-state index is 0.267. The predicted molar refractivity (Wildman–Crippen MR) is 95.7 cm³/mol. The average Bonchev–Trinajstić information content (AvgIpc) is 2.70. The van der Waals surface area contributed by atoms with Crippen LogP contribution in [0.4, 0.5) is 0 Å². The smallest absolute Gasteiger partial charge is 0.338 e. The Morgan fingerprint density at radius 2 is 1.38 bits per heavy atom. The third kappa shape index (κ3) is 5.44. The Bertz CT molecular complexity index is 766. The summed E-state index contributed by atoms with van der Waals surface area (Å²) in [6.45, 7) is 1.94. The molecule has 2 aromatic rings. The molecular weight excluding hydrogens is 334 g/mol. The van der Waals surface area contributed by atoms with Gasteiger partial charge in [-0.1, -0.05) is 31.2 Å². The van der Waals surface area contributed by atoms with Crippen molar-refractivity contribution in [3.05, 3.63) is 70.8 Å². The van der Waals surface area contributed by atoms with E-state index in [1.807, 2.05) is 19.1 Å². The van der Waals surface area contributed by atoms with Gasteiger partial charge >= 0.3 is 11.9 Å². The number of carbonyl (C=O) groups excluding carboxylic acids is 3. The van der Waals surface area contributed by atoms with Gasteiger partial charge in [-0.15, -0.1) is 0 Å². The fraction of sp³-hybridized carbons (Fsp3) is 0.250. The zero-order chi connectivity index (χ0) is 18.9. The summed E-state index contributed by atoms with van der Waals surface area (Å²) < 4.78 is 9.63. The number of nitrogens with one attached hydrogen (secondary N) is 1. The molecule has 1 N–H and O–H groups in total. The van der Waals surface area contributed by atoms with Gasteiger partial charge in [0, 0.05) is 6.54 Å². The van der Waals surface area contributed by atoms with Gasteiger partial charge in [0.1, 0.15) is 0 Å². The van der Waals surface area contributed by atoms with Gasteiger partial charge in [-0.2, -0.15) is 0 Å². The quantitative estimate of drug-likeness (QED) is 0.772. The molecule has 0 radical (unpaired) electrons. The summed E-state index contributed by atoms with van der Waals surface area (Å²) in [6.07, 6.45) is 0.887. The third-order valence-corrected chi connectivity index (χ3v) is 3.80. The van der Waals surface area contributed by atoms with Crippen LogP contribution >= 0.6 is 0 Å². The molecule has 0 aliphatic rings. The summed E-state index contributed by atoms with van der Waals surface area (Å²) >= 11 is 0. The van der Waals surface area contributed by atoms with Gasteiger partial charge in [-0.05, 0) is 41.8 Å². The van der Waals surface area contributed by atoms with Crippen molar-refractivity contribution >= 4 is 17.8 Å². The van der Waals surface area contributed by atoms with Crippen molar-refractivity contribution in [2.75, 3.05) is 13.7 Å². The third-order valence-electron chi connectivity index (χ3n) is 3.80. The Hall–Kier alpha value is -3.15. The van der Waals surface area contributed by atoms with E-state index in [9.17, 15) is 14.4 Å². The Kier molecular flexibility index (Phi) is 6.91. The van der Waals surface area contributed by atoms with E-state index in [2.05, 4.69) is 10.1 Å². The van der Waals surface area contributed by atoms with Crippen LogP contribution in [0.5, 0.6) is 0 Å². The van der Waals surface area contributed by atoms with E-state index in [-0.39, 0.29) is 13.2 Å². The molecule has 0 atom stereocenters. The fourth-order valence-electron chi connectivity index (χ4n) is 2.22. The number of methoxy groups -OCH3 is 1. The van der Waals surface area contributed by atoms with Crippen molar-refractivity contribution in [2.24, 2.45) is 0 Å². The number of amides is 1. The van der Waals surface area contributed by atoms with E-state index in [0.717, 1.165) is 17.5 Å². The van der Waals surface area contributed by atoms with E-state index >= 15 is 0 Å². The Balaban J connectivity index is 1.77. The van der Waals surface area contributed by atoms with Crippen LogP contribution in [-0.4, -0.2) is 31.6 Å². The maximum Gasteiger partial charge on any atom is 0.338 e. The lowest BCUT2D eigenvalue weighted by atomic mass is 10.1. The first kappa shape index (κ1) is 19.2. The van der Waals surface area contributed by atoms with Gasteiger partial charge < -0.3 is 14.8 Å². The van der Waals surface area contributed by atoms with Crippen molar-refractivity contribution in [2.45, 2.75) is 19.9 Å². The number of carbonyl (C=O) groups is 3. The standard InChI is InChI=1S/C20H21NO5/c1-3-14-4-8-17(9-5-14)20(24)26-13-18(22)21-12-15-6-10-16(11-7-15)19(23)25-2/h4-11H,3,12-13H2,1-2H3,(H,21,22). The number of hydrogen-bond donors (Lipinski definition) is 1. The molecule has 0 unspecified atom stereocenters. The summed E-state index contributed by atoms with van der Waals surface area (Å²) in [7, 11) is 1.32. The fourth-order valence-corrected chi connectivity index (χ4v) is 2.22. The average molecular weight is 355 g/mol. The normalized spacial score (nSPS) is 10.1. The maximum absolute atomic E-state index is 11.9. The summed E-state index contributed by atoms with van der Waals surface area (Å²) in [5, 5.41) is 2.65. The molecule has 0 bridgehead atoms. The van der Waals surface area contributed by atoms with Crippen molar-refractivity contribution in [3.63, 3.8) is 0 Å². The van der Waals surface area contributed by atoms with Crippen LogP contribution in [0.15, 0.2) is 48.5 Å². The van der Waals surface area contributed by atoms with Gasteiger partial charge in [0.25, 0.3) is 5.91 Å². The van der Waals surface area contributed by atoms with Crippen molar-refractivity contribution in [1.29, 1.82) is 0 Å². The zero-order valence-corrected chi connectivity index (χ0v) is 14.8. The zero-order valence-electron chi connectivity index (χ0n) is 14.8. The number of aryl methyl sites for hydroxylation is 1. The molecule has 136 valence electrons. The highest BCUT2D eigenvalue weighted by Crippen LogP contribution is 2.07. The molecule has 0 heterocycles. The van der Waals surface area contributed by atoms with Crippen molar-refractivity contribution < 1.29 is 23.9 Å². The molecule has 0 spiro atoms. The highest BCUT2D eigenvalue weighted by atomic mass is 16.5. The molecule has 2 rings (SSSR count). The second-order valence-electron chi connectivity index (χ2n) is 5.59. The van der Waals surface area contributed by atoms with E-state index < -0.39 is 17.8 Å². The van der Waals surface area contributed by atoms with Crippen LogP contribution < -0.4 is 5.32 Å². The van der Waals surface area contributed by atoms with Crippen LogP contribution in [0.25, 0.3) is 0 Å². The number of benzene rings is 2. The van der Waals surface area contributed by atoms with Crippen LogP contribution in [0.3, 0.4) is 0 Å². The number of esters is 2. The Morgan fingerprint density at radius 3 is 1.92 bits per heavy atom. The summed E-state index contributed by atoms with van der Waals surface area (Å²) in [6, 6.07) is 13.7. The van der Waals surface area contributed by atoms with Crippen LogP contribution in [0.2, 0.25) is 0 Å². The second-order valence-corrected chi connectivity index (χ2v) is 5.59. The van der Waals surface area contributed by atoms with Gasteiger partial charge in [-0.25, -0.2) is 9.59 Å². The lowest BCUT2D eigenvalue weighted by molar-refractivity contribution is -0.124. The summed E-state index contributed by atoms with van der Waals surface area (Å²) in [5.74, 6) is -1.36. The second kappa shape index (κ2) is 9.36. The van der Waals surface area contributed by atoms with E-state index in [4.69, 9.17) is 4.74 Å². The molecule has 0 saturated heterocycles. The number of ether oxygens (including phenoxy) is 2. The monoisotopic (exact) mass is 355 g/mol. The van der Waals surface area contributed by atoms with E-state index in [0.29, 0.717) is 11.1 Å². The molecule has 0 saturated carbocycles. The lowest BCUT2D eigenvalue weighted by Gasteiger charge is -2.08. The van der Waals surface area contributed by atoms with E-state index in [1.54, 1.807) is 36.4 Å². The molecule has 6 heteroatoms. The minimum atomic E-state index is -0.537. The SMILES string of the molecule is CCc1ccc(C(=O)OCC(=O)NCc2ccc(C(=O)OC)cc2)cc1.